The molecule has 1 aromatic heterocycles. The lowest BCUT2D eigenvalue weighted by molar-refractivity contribution is -0.121. The van der Waals surface area contributed by atoms with Crippen LogP contribution in [0.5, 0.6) is 0 Å². The first-order chi connectivity index (χ1) is 19.8. The molecular formula is C32H27N3O4S2. The number of nitrogens with zero attached hydrogens (tertiary/aromatic N) is 1. The molecule has 0 spiro atoms. The molecule has 7 nitrogen and oxygen atoms in total. The van der Waals surface area contributed by atoms with Gasteiger partial charge >= 0.3 is 0 Å². The highest BCUT2D eigenvalue weighted by Gasteiger charge is 2.41. The number of nitrogens with one attached hydrogen (secondary N) is 2. The molecule has 1 aliphatic heterocycles. The van der Waals surface area contributed by atoms with Gasteiger partial charge in [0.1, 0.15) is 5.70 Å². The van der Waals surface area contributed by atoms with Crippen LogP contribution in [0.1, 0.15) is 32.8 Å². The molecule has 1 saturated heterocycles. The summed E-state index contributed by atoms with van der Waals surface area (Å²) in [5, 5.41) is 6.89. The Hall–Kier alpha value is -4.47. The van der Waals surface area contributed by atoms with Gasteiger partial charge in [-0.05, 0) is 72.8 Å². The van der Waals surface area contributed by atoms with E-state index in [4.69, 9.17) is 0 Å². The number of hydrogen-bond donors (Lipinski definition) is 2. The van der Waals surface area contributed by atoms with Crippen LogP contribution in [0.4, 0.5) is 11.4 Å². The molecule has 206 valence electrons. The monoisotopic (exact) mass is 581 g/mol. The molecule has 5 rings (SSSR count). The average molecular weight is 582 g/mol. The maximum Gasteiger partial charge on any atom is 0.272 e. The number of anilines is 2. The zero-order valence-corrected chi connectivity index (χ0v) is 24.1. The molecule has 41 heavy (non-hydrogen) atoms. The van der Waals surface area contributed by atoms with Gasteiger partial charge in [-0.25, -0.2) is 4.90 Å². The van der Waals surface area contributed by atoms with Gasteiger partial charge in [-0.3, -0.25) is 19.2 Å². The largest absolute Gasteiger partial charge is 0.321 e. The second kappa shape index (κ2) is 12.4. The second-order valence-corrected chi connectivity index (χ2v) is 11.7. The van der Waals surface area contributed by atoms with Crippen LogP contribution in [-0.2, 0) is 14.4 Å². The van der Waals surface area contributed by atoms with Crippen LogP contribution in [0.25, 0.3) is 6.08 Å². The van der Waals surface area contributed by atoms with Crippen molar-refractivity contribution in [1.29, 1.82) is 0 Å². The quantitative estimate of drug-likeness (QED) is 0.191. The number of imide groups is 1. The predicted octanol–water partition coefficient (Wildman–Crippen LogP) is 6.20. The Labute approximate surface area is 246 Å². The first-order valence-electron chi connectivity index (χ1n) is 12.9. The third-order valence-corrected chi connectivity index (χ3v) is 8.50. The molecule has 3 aromatic carbocycles. The van der Waals surface area contributed by atoms with Gasteiger partial charge < -0.3 is 10.6 Å². The zero-order chi connectivity index (χ0) is 28.9. The summed E-state index contributed by atoms with van der Waals surface area (Å²) in [6, 6.07) is 25.2. The van der Waals surface area contributed by atoms with Crippen LogP contribution >= 0.6 is 23.1 Å². The number of carbonyl (C=O) groups excluding carboxylic acids is 4. The molecule has 0 radical (unpaired) electrons. The van der Waals surface area contributed by atoms with Crippen molar-refractivity contribution in [3.63, 3.8) is 0 Å². The Morgan fingerprint density at radius 3 is 2.37 bits per heavy atom. The Balaban J connectivity index is 1.31. The van der Waals surface area contributed by atoms with Gasteiger partial charge in [0.25, 0.3) is 11.8 Å². The van der Waals surface area contributed by atoms with Crippen molar-refractivity contribution in [2.24, 2.45) is 0 Å². The molecule has 2 N–H and O–H groups in total. The summed E-state index contributed by atoms with van der Waals surface area (Å²) in [5.41, 5.74) is 3.41. The summed E-state index contributed by atoms with van der Waals surface area (Å²) in [6.45, 7) is 3.78. The molecule has 1 unspecified atom stereocenters. The van der Waals surface area contributed by atoms with Crippen LogP contribution in [-0.4, -0.2) is 28.9 Å². The lowest BCUT2D eigenvalue weighted by Gasteiger charge is -2.19. The van der Waals surface area contributed by atoms with Crippen LogP contribution in [0.15, 0.2) is 101 Å². The molecule has 2 heterocycles. The molecule has 0 aliphatic carbocycles. The van der Waals surface area contributed by atoms with Crippen LogP contribution in [0.2, 0.25) is 0 Å². The molecular weight excluding hydrogens is 555 g/mol. The summed E-state index contributed by atoms with van der Waals surface area (Å²) < 4.78 is 0. The molecule has 0 bridgehead atoms. The van der Waals surface area contributed by atoms with E-state index in [9.17, 15) is 19.2 Å². The zero-order valence-electron chi connectivity index (χ0n) is 22.4. The topological polar surface area (TPSA) is 95.6 Å². The number of rotatable bonds is 8. The highest BCUT2D eigenvalue weighted by atomic mass is 32.2. The fraction of sp³-hybridized carbons (Fsp3) is 0.125. The number of para-hydroxylation sites is 1. The van der Waals surface area contributed by atoms with E-state index in [1.54, 1.807) is 48.5 Å². The molecule has 1 aliphatic rings. The van der Waals surface area contributed by atoms with Crippen molar-refractivity contribution in [1.82, 2.24) is 5.32 Å². The van der Waals surface area contributed by atoms with E-state index >= 15 is 0 Å². The summed E-state index contributed by atoms with van der Waals surface area (Å²) in [5.74, 6) is -1.37. The smallest absolute Gasteiger partial charge is 0.272 e. The Morgan fingerprint density at radius 2 is 1.66 bits per heavy atom. The first kappa shape index (κ1) is 28.1. The van der Waals surface area contributed by atoms with Crippen LogP contribution < -0.4 is 15.5 Å². The number of thiophene rings is 1. The number of carbonyl (C=O) groups is 4. The minimum Gasteiger partial charge on any atom is -0.321 e. The summed E-state index contributed by atoms with van der Waals surface area (Å²) in [6.07, 6.45) is 1.72. The highest BCUT2D eigenvalue weighted by molar-refractivity contribution is 8.00. The number of benzene rings is 3. The van der Waals surface area contributed by atoms with E-state index < -0.39 is 17.1 Å². The van der Waals surface area contributed by atoms with Gasteiger partial charge in [-0.1, -0.05) is 48.5 Å². The molecule has 4 aromatic rings. The Bertz CT molecular complexity index is 1630. The summed E-state index contributed by atoms with van der Waals surface area (Å²) in [7, 11) is 0. The fourth-order valence-corrected chi connectivity index (χ4v) is 6.33. The van der Waals surface area contributed by atoms with Gasteiger partial charge in [0.2, 0.25) is 11.8 Å². The van der Waals surface area contributed by atoms with Crippen molar-refractivity contribution >= 4 is 64.2 Å². The molecule has 1 fully saturated rings. The van der Waals surface area contributed by atoms with Gasteiger partial charge in [-0.15, -0.1) is 23.1 Å². The Kier molecular flexibility index (Phi) is 8.47. The fourth-order valence-electron chi connectivity index (χ4n) is 4.56. The number of aryl methyl sites for hydroxylation is 2. The molecule has 1 atom stereocenters. The van der Waals surface area contributed by atoms with Crippen LogP contribution in [0.3, 0.4) is 0 Å². The normalized spacial score (nSPS) is 15.2. The van der Waals surface area contributed by atoms with Crippen molar-refractivity contribution in [2.75, 3.05) is 10.2 Å². The predicted molar refractivity (Wildman–Crippen MR) is 164 cm³/mol. The van der Waals surface area contributed by atoms with Crippen molar-refractivity contribution in [2.45, 2.75) is 30.4 Å². The standard InChI is InChI=1S/C32H27N3O4S2/c1-20-9-6-10-21(2)29(20)35-28(36)19-27(32(35)39)41-25-14-7-13-23(17-25)33-31(38)26(18-24-15-8-16-40-24)34-30(37)22-11-4-3-5-12-22/h3-18,27H,19H2,1-2H3,(H,33,38)(H,34,37). The molecule has 0 saturated carbocycles. The third kappa shape index (κ3) is 6.48. The average Bonchev–Trinajstić information content (AvgIpc) is 3.57. The van der Waals surface area contributed by atoms with E-state index in [1.807, 2.05) is 61.7 Å². The van der Waals surface area contributed by atoms with Crippen molar-refractivity contribution < 1.29 is 19.2 Å². The van der Waals surface area contributed by atoms with E-state index in [0.29, 0.717) is 16.9 Å². The van der Waals surface area contributed by atoms with E-state index in [0.717, 1.165) is 20.9 Å². The molecule has 9 heteroatoms. The first-order valence-corrected chi connectivity index (χ1v) is 14.7. The number of thioether (sulfide) groups is 1. The lowest BCUT2D eigenvalue weighted by Crippen LogP contribution is -2.32. The third-order valence-electron chi connectivity index (χ3n) is 6.50. The van der Waals surface area contributed by atoms with Gasteiger partial charge in [0.05, 0.1) is 10.9 Å². The maximum atomic E-state index is 13.3. The highest BCUT2D eigenvalue weighted by Crippen LogP contribution is 2.37. The van der Waals surface area contributed by atoms with E-state index in [-0.39, 0.29) is 23.9 Å². The second-order valence-electron chi connectivity index (χ2n) is 9.49. The summed E-state index contributed by atoms with van der Waals surface area (Å²) >= 11 is 2.73. The van der Waals surface area contributed by atoms with Gasteiger partial charge in [0.15, 0.2) is 0 Å². The van der Waals surface area contributed by atoms with Crippen molar-refractivity contribution in [3.05, 3.63) is 118 Å². The maximum absolute atomic E-state index is 13.3. The SMILES string of the molecule is Cc1cccc(C)c1N1C(=O)CC(Sc2cccc(NC(=O)C(=Cc3cccs3)NC(=O)c3ccccc3)c2)C1=O. The minimum atomic E-state index is -0.577. The van der Waals surface area contributed by atoms with Gasteiger partial charge in [-0.2, -0.15) is 0 Å². The number of hydrogen-bond acceptors (Lipinski definition) is 6. The Morgan fingerprint density at radius 1 is 0.927 bits per heavy atom. The van der Waals surface area contributed by atoms with E-state index in [1.165, 1.54) is 28.0 Å². The lowest BCUT2D eigenvalue weighted by atomic mass is 10.1. The van der Waals surface area contributed by atoms with Gasteiger partial charge in [0, 0.05) is 27.4 Å². The summed E-state index contributed by atoms with van der Waals surface area (Å²) in [4.78, 5) is 55.2. The minimum absolute atomic E-state index is 0.0904. The van der Waals surface area contributed by atoms with Crippen LogP contribution in [0, 0.1) is 13.8 Å². The van der Waals surface area contributed by atoms with Crippen molar-refractivity contribution in [3.8, 4) is 0 Å². The number of amides is 4. The van der Waals surface area contributed by atoms with E-state index in [2.05, 4.69) is 10.6 Å². The molecule has 4 amide bonds.